The van der Waals surface area contributed by atoms with Crippen molar-refractivity contribution in [3.63, 3.8) is 0 Å². The van der Waals surface area contributed by atoms with Gasteiger partial charge in [-0.25, -0.2) is 4.99 Å². The molecule has 0 bridgehead atoms. The molecule has 1 aromatic heterocycles. The minimum atomic E-state index is 0.123. The van der Waals surface area contributed by atoms with Crippen molar-refractivity contribution in [2.45, 2.75) is 32.5 Å². The molecule has 0 amide bonds. The molecule has 1 unspecified atom stereocenters. The molecule has 0 aliphatic carbocycles. The van der Waals surface area contributed by atoms with Crippen LogP contribution in [-0.2, 0) is 24.9 Å². The zero-order valence-corrected chi connectivity index (χ0v) is 18.6. The van der Waals surface area contributed by atoms with Gasteiger partial charge in [-0.15, -0.1) is 10.2 Å². The summed E-state index contributed by atoms with van der Waals surface area (Å²) in [6.07, 6.45) is 0.866. The molecule has 8 heteroatoms. The Bertz CT molecular complexity index is 1030. The van der Waals surface area contributed by atoms with Crippen molar-refractivity contribution in [1.29, 1.82) is 0 Å². The van der Waals surface area contributed by atoms with Crippen LogP contribution in [0.5, 0.6) is 5.75 Å². The van der Waals surface area contributed by atoms with Crippen molar-refractivity contribution < 1.29 is 9.47 Å². The van der Waals surface area contributed by atoms with Crippen molar-refractivity contribution in [3.8, 4) is 5.75 Å². The van der Waals surface area contributed by atoms with E-state index >= 15 is 0 Å². The maximum atomic E-state index is 5.81. The third-order valence-corrected chi connectivity index (χ3v) is 5.48. The highest BCUT2D eigenvalue weighted by Gasteiger charge is 2.22. The highest BCUT2D eigenvalue weighted by molar-refractivity contribution is 5.80. The summed E-state index contributed by atoms with van der Waals surface area (Å²) in [6.45, 7) is 4.84. The largest absolute Gasteiger partial charge is 0.493 e. The minimum absolute atomic E-state index is 0.123. The molecule has 2 heterocycles. The summed E-state index contributed by atoms with van der Waals surface area (Å²) >= 11 is 0. The molecule has 32 heavy (non-hydrogen) atoms. The number of hydrogen-bond donors (Lipinski definition) is 2. The van der Waals surface area contributed by atoms with E-state index in [1.165, 1.54) is 0 Å². The number of aliphatic imine (C=N–C) groups is 1. The molecule has 3 aromatic rings. The number of aromatic nitrogens is 3. The topological polar surface area (TPSA) is 85.6 Å². The molecule has 0 saturated carbocycles. The molecule has 2 aromatic carbocycles. The number of benzene rings is 2. The number of para-hydroxylation sites is 1. The number of rotatable bonds is 8. The first-order valence-corrected chi connectivity index (χ1v) is 10.9. The molecule has 0 fully saturated rings. The van der Waals surface area contributed by atoms with Crippen molar-refractivity contribution in [1.82, 2.24) is 25.4 Å². The van der Waals surface area contributed by atoms with Crippen LogP contribution in [0.2, 0.25) is 0 Å². The molecule has 1 aliphatic heterocycles. The first-order chi connectivity index (χ1) is 15.7. The van der Waals surface area contributed by atoms with Gasteiger partial charge in [-0.05, 0) is 18.6 Å². The molecule has 8 nitrogen and oxygen atoms in total. The second-order valence-electron chi connectivity index (χ2n) is 7.72. The van der Waals surface area contributed by atoms with Crippen LogP contribution < -0.4 is 15.4 Å². The number of nitrogens with zero attached hydrogens (tertiary/aromatic N) is 4. The summed E-state index contributed by atoms with van der Waals surface area (Å²) in [4.78, 5) is 4.77. The van der Waals surface area contributed by atoms with E-state index in [9.17, 15) is 0 Å². The Morgan fingerprint density at radius 2 is 1.97 bits per heavy atom. The lowest BCUT2D eigenvalue weighted by atomic mass is 10.0. The number of aryl methyl sites for hydroxylation is 1. The van der Waals surface area contributed by atoms with E-state index in [0.29, 0.717) is 32.9 Å². The Balaban J connectivity index is 1.38. The summed E-state index contributed by atoms with van der Waals surface area (Å²) in [6, 6.07) is 18.4. The Hall–Kier alpha value is -3.39. The third-order valence-electron chi connectivity index (χ3n) is 5.48. The van der Waals surface area contributed by atoms with Gasteiger partial charge in [0.05, 0.1) is 25.9 Å². The molecule has 0 saturated heterocycles. The fourth-order valence-corrected chi connectivity index (χ4v) is 3.55. The molecule has 4 rings (SSSR count). The fourth-order valence-electron chi connectivity index (χ4n) is 3.55. The maximum absolute atomic E-state index is 5.81. The van der Waals surface area contributed by atoms with Gasteiger partial charge >= 0.3 is 0 Å². The van der Waals surface area contributed by atoms with E-state index in [0.717, 1.165) is 40.9 Å². The Morgan fingerprint density at radius 1 is 1.16 bits per heavy atom. The van der Waals surface area contributed by atoms with Crippen LogP contribution in [0, 0.1) is 6.92 Å². The Kier molecular flexibility index (Phi) is 7.34. The smallest absolute Gasteiger partial charge is 0.192 e. The molecule has 0 radical (unpaired) electrons. The van der Waals surface area contributed by atoms with Crippen LogP contribution in [0.4, 0.5) is 0 Å². The number of hydrogen-bond acceptors (Lipinski definition) is 5. The summed E-state index contributed by atoms with van der Waals surface area (Å²) < 4.78 is 13.6. The summed E-state index contributed by atoms with van der Waals surface area (Å²) in [5.74, 6) is 3.32. The van der Waals surface area contributed by atoms with Gasteiger partial charge in [0, 0.05) is 25.6 Å². The predicted molar refractivity (Wildman–Crippen MR) is 123 cm³/mol. The zero-order chi connectivity index (χ0) is 22.2. The predicted octanol–water partition coefficient (Wildman–Crippen LogP) is 2.90. The van der Waals surface area contributed by atoms with Crippen molar-refractivity contribution in [2.75, 3.05) is 19.8 Å². The second-order valence-corrected chi connectivity index (χ2v) is 7.72. The monoisotopic (exact) mass is 434 g/mol. The number of ether oxygens (including phenoxy) is 2. The average molecular weight is 435 g/mol. The normalized spacial score (nSPS) is 15.7. The van der Waals surface area contributed by atoms with Crippen LogP contribution in [0.15, 0.2) is 59.6 Å². The Labute approximate surface area is 188 Å². The van der Waals surface area contributed by atoms with Crippen molar-refractivity contribution in [2.24, 2.45) is 12.0 Å². The van der Waals surface area contributed by atoms with Gasteiger partial charge in [-0.3, -0.25) is 0 Å². The van der Waals surface area contributed by atoms with Crippen LogP contribution in [0.25, 0.3) is 0 Å². The maximum Gasteiger partial charge on any atom is 0.192 e. The highest BCUT2D eigenvalue weighted by Crippen LogP contribution is 2.31. The minimum Gasteiger partial charge on any atom is -0.493 e. The van der Waals surface area contributed by atoms with Gasteiger partial charge in [0.2, 0.25) is 0 Å². The highest BCUT2D eigenvalue weighted by atomic mass is 16.5. The summed E-state index contributed by atoms with van der Waals surface area (Å²) in [5, 5.41) is 15.3. The van der Waals surface area contributed by atoms with Crippen molar-refractivity contribution in [3.05, 3.63) is 77.4 Å². The molecular formula is C24H30N6O2. The SMILES string of the molecule is Cc1nnc(CN=C(NCCOCc2ccccc2)NC2CCOc3ccccc32)n1C. The zero-order valence-electron chi connectivity index (χ0n) is 18.6. The summed E-state index contributed by atoms with van der Waals surface area (Å²) in [5.41, 5.74) is 2.30. The summed E-state index contributed by atoms with van der Waals surface area (Å²) in [7, 11) is 1.95. The standard InChI is InChI=1S/C24H30N6O2/c1-18-28-29-23(30(18)2)16-26-24(25-13-15-31-17-19-8-4-3-5-9-19)27-21-12-14-32-22-11-7-6-10-20(21)22/h3-11,21H,12-17H2,1-2H3,(H2,25,26,27). The van der Waals surface area contributed by atoms with Crippen molar-refractivity contribution >= 4 is 5.96 Å². The number of nitrogens with one attached hydrogen (secondary N) is 2. The van der Waals surface area contributed by atoms with E-state index in [4.69, 9.17) is 14.5 Å². The van der Waals surface area contributed by atoms with Gasteiger partial charge in [0.15, 0.2) is 11.8 Å². The first kappa shape index (κ1) is 21.8. The van der Waals surface area contributed by atoms with Crippen LogP contribution in [0.3, 0.4) is 0 Å². The van der Waals surface area contributed by atoms with Gasteiger partial charge in [-0.2, -0.15) is 0 Å². The van der Waals surface area contributed by atoms with E-state index in [1.54, 1.807) is 0 Å². The van der Waals surface area contributed by atoms with Gasteiger partial charge in [0.1, 0.15) is 18.1 Å². The van der Waals surface area contributed by atoms with E-state index in [2.05, 4.69) is 39.0 Å². The Morgan fingerprint density at radius 3 is 2.78 bits per heavy atom. The molecule has 1 aliphatic rings. The van der Waals surface area contributed by atoms with Crippen LogP contribution in [-0.4, -0.2) is 40.5 Å². The molecular weight excluding hydrogens is 404 g/mol. The molecule has 0 spiro atoms. The third kappa shape index (κ3) is 5.64. The van der Waals surface area contributed by atoms with Gasteiger partial charge in [-0.1, -0.05) is 48.5 Å². The van der Waals surface area contributed by atoms with Crippen LogP contribution >= 0.6 is 0 Å². The molecule has 168 valence electrons. The van der Waals surface area contributed by atoms with E-state index < -0.39 is 0 Å². The van der Waals surface area contributed by atoms with E-state index in [1.807, 2.05) is 54.9 Å². The van der Waals surface area contributed by atoms with Gasteiger partial charge in [0.25, 0.3) is 0 Å². The first-order valence-electron chi connectivity index (χ1n) is 10.9. The number of fused-ring (bicyclic) bond motifs is 1. The average Bonchev–Trinajstić information content (AvgIpc) is 3.15. The molecule has 1 atom stereocenters. The van der Waals surface area contributed by atoms with Crippen LogP contribution in [0.1, 0.15) is 35.2 Å². The lowest BCUT2D eigenvalue weighted by molar-refractivity contribution is 0.125. The fraction of sp³-hybridized carbons (Fsp3) is 0.375. The molecule has 2 N–H and O–H groups in total. The lowest BCUT2D eigenvalue weighted by Gasteiger charge is -2.28. The van der Waals surface area contributed by atoms with Gasteiger partial charge < -0.3 is 24.7 Å². The van der Waals surface area contributed by atoms with E-state index in [-0.39, 0.29) is 6.04 Å². The quantitative estimate of drug-likeness (QED) is 0.322. The lowest BCUT2D eigenvalue weighted by Crippen LogP contribution is -2.42. The number of guanidine groups is 1. The second kappa shape index (κ2) is 10.8.